The Hall–Kier alpha value is -2.21. The largest absolute Gasteiger partial charge is 0.431 e. The Morgan fingerprint density at radius 1 is 1.17 bits per heavy atom. The van der Waals surface area contributed by atoms with Crippen molar-refractivity contribution >= 4 is 28.8 Å². The zero-order chi connectivity index (χ0) is 16.4. The van der Waals surface area contributed by atoms with Crippen LogP contribution < -0.4 is 0 Å². The Morgan fingerprint density at radius 3 is 2.67 bits per heavy atom. The first-order chi connectivity index (χ1) is 11.8. The molecule has 5 nitrogen and oxygen atoms in total. The highest BCUT2D eigenvalue weighted by atomic mass is 32.2. The van der Waals surface area contributed by atoms with Gasteiger partial charge in [0, 0.05) is 31.5 Å². The topological polar surface area (TPSA) is 51.3 Å². The molecule has 24 heavy (non-hydrogen) atoms. The number of nitrogens with zero attached hydrogens (tertiary/aromatic N) is 3. The van der Waals surface area contributed by atoms with Crippen molar-refractivity contribution in [3.63, 3.8) is 0 Å². The van der Waals surface area contributed by atoms with Crippen LogP contribution in [0.15, 0.2) is 58.4 Å². The van der Waals surface area contributed by atoms with E-state index in [1.54, 1.807) is 0 Å². The smallest absolute Gasteiger partial charge is 0.257 e. The number of aromatic nitrogens is 2. The van der Waals surface area contributed by atoms with Crippen LogP contribution in [-0.4, -0.2) is 39.2 Å². The number of benzene rings is 1. The molecule has 1 aliphatic heterocycles. The van der Waals surface area contributed by atoms with E-state index in [1.807, 2.05) is 29.2 Å². The van der Waals surface area contributed by atoms with E-state index in [-0.39, 0.29) is 5.91 Å². The van der Waals surface area contributed by atoms with E-state index in [1.165, 1.54) is 11.8 Å². The van der Waals surface area contributed by atoms with E-state index < -0.39 is 0 Å². The molecule has 0 unspecified atom stereocenters. The minimum absolute atomic E-state index is 0.160. The second-order valence-corrected chi connectivity index (χ2v) is 6.90. The van der Waals surface area contributed by atoms with Gasteiger partial charge in [-0.05, 0) is 37.1 Å². The van der Waals surface area contributed by atoms with Gasteiger partial charge in [0.25, 0.3) is 5.22 Å². The molecule has 1 aliphatic rings. The minimum Gasteiger partial charge on any atom is -0.431 e. The maximum atomic E-state index is 12.4. The van der Waals surface area contributed by atoms with Crippen LogP contribution in [-0.2, 0) is 4.79 Å². The summed E-state index contributed by atoms with van der Waals surface area (Å²) in [6.07, 6.45) is 6.22. The number of para-hydroxylation sites is 2. The van der Waals surface area contributed by atoms with Crippen LogP contribution in [0.5, 0.6) is 0 Å². The van der Waals surface area contributed by atoms with Crippen molar-refractivity contribution in [2.45, 2.75) is 24.1 Å². The Balaban J connectivity index is 1.30. The molecule has 1 aromatic carbocycles. The third kappa shape index (κ3) is 3.19. The number of fused-ring (bicyclic) bond motifs is 1. The highest BCUT2D eigenvalue weighted by Crippen LogP contribution is 2.25. The van der Waals surface area contributed by atoms with Crippen LogP contribution in [0.4, 0.5) is 0 Å². The zero-order valence-corrected chi connectivity index (χ0v) is 14.1. The lowest BCUT2D eigenvalue weighted by molar-refractivity contribution is -0.129. The highest BCUT2D eigenvalue weighted by Gasteiger charge is 2.23. The molecule has 0 N–H and O–H groups in total. The summed E-state index contributed by atoms with van der Waals surface area (Å²) in [4.78, 5) is 18.8. The first kappa shape index (κ1) is 15.3. The number of hydrogen-bond acceptors (Lipinski definition) is 4. The summed E-state index contributed by atoms with van der Waals surface area (Å²) in [6.45, 7) is 1.63. The Labute approximate surface area is 144 Å². The van der Waals surface area contributed by atoms with Gasteiger partial charge in [0.2, 0.25) is 5.91 Å². The van der Waals surface area contributed by atoms with Gasteiger partial charge in [-0.2, -0.15) is 0 Å². The molecule has 0 aliphatic carbocycles. The normalized spacial score (nSPS) is 15.9. The average molecular weight is 341 g/mol. The van der Waals surface area contributed by atoms with Crippen molar-refractivity contribution in [2.75, 3.05) is 18.8 Å². The molecule has 2 aromatic heterocycles. The van der Waals surface area contributed by atoms with E-state index >= 15 is 0 Å². The van der Waals surface area contributed by atoms with Gasteiger partial charge >= 0.3 is 0 Å². The van der Waals surface area contributed by atoms with Gasteiger partial charge < -0.3 is 13.9 Å². The molecule has 3 aromatic rings. The molecule has 0 radical (unpaired) electrons. The van der Waals surface area contributed by atoms with Gasteiger partial charge in [-0.15, -0.1) is 0 Å². The van der Waals surface area contributed by atoms with Crippen LogP contribution >= 0.6 is 11.8 Å². The summed E-state index contributed by atoms with van der Waals surface area (Å²) in [5, 5.41) is 0.562. The summed E-state index contributed by atoms with van der Waals surface area (Å²) in [5.41, 5.74) is 1.60. The molecule has 1 saturated heterocycles. The fourth-order valence-corrected chi connectivity index (χ4v) is 3.87. The average Bonchev–Trinajstić information content (AvgIpc) is 3.29. The quantitative estimate of drug-likeness (QED) is 0.681. The molecule has 0 bridgehead atoms. The zero-order valence-electron chi connectivity index (χ0n) is 13.3. The van der Waals surface area contributed by atoms with E-state index in [9.17, 15) is 4.79 Å². The van der Waals surface area contributed by atoms with Gasteiger partial charge in [0.15, 0.2) is 5.58 Å². The third-order valence-electron chi connectivity index (χ3n) is 4.46. The minimum atomic E-state index is 0.160. The van der Waals surface area contributed by atoms with Crippen LogP contribution in [0.2, 0.25) is 0 Å². The summed E-state index contributed by atoms with van der Waals surface area (Å²) < 4.78 is 7.89. The predicted octanol–water partition coefficient (Wildman–Crippen LogP) is 3.59. The SMILES string of the molecule is O=C(CSc1nc2ccccc2o1)N1CCC(n2cccc2)CC1. The first-order valence-corrected chi connectivity index (χ1v) is 9.17. The van der Waals surface area contributed by atoms with Crippen molar-refractivity contribution in [2.24, 2.45) is 0 Å². The summed E-state index contributed by atoms with van der Waals surface area (Å²) in [7, 11) is 0. The summed E-state index contributed by atoms with van der Waals surface area (Å²) in [6, 6.07) is 12.3. The van der Waals surface area contributed by atoms with Crippen molar-refractivity contribution < 1.29 is 9.21 Å². The number of likely N-dealkylation sites (tertiary alicyclic amines) is 1. The number of carbonyl (C=O) groups excluding carboxylic acids is 1. The van der Waals surface area contributed by atoms with Crippen molar-refractivity contribution in [1.82, 2.24) is 14.5 Å². The van der Waals surface area contributed by atoms with Gasteiger partial charge in [-0.3, -0.25) is 4.79 Å². The monoisotopic (exact) mass is 341 g/mol. The van der Waals surface area contributed by atoms with Crippen molar-refractivity contribution in [1.29, 1.82) is 0 Å². The van der Waals surface area contributed by atoms with Crippen LogP contribution in [0, 0.1) is 0 Å². The fraction of sp³-hybridized carbons (Fsp3) is 0.333. The number of thioether (sulfide) groups is 1. The third-order valence-corrected chi connectivity index (χ3v) is 5.27. The molecule has 1 fully saturated rings. The van der Waals surface area contributed by atoms with Crippen molar-refractivity contribution in [3.8, 4) is 0 Å². The lowest BCUT2D eigenvalue weighted by atomic mass is 10.1. The van der Waals surface area contributed by atoms with Gasteiger partial charge in [-0.1, -0.05) is 23.9 Å². The Bertz CT molecular complexity index is 787. The number of rotatable bonds is 4. The standard InChI is InChI=1S/C18H19N3O2S/c22-17(13-24-18-19-15-5-1-2-6-16(15)23-18)21-11-7-14(8-12-21)20-9-3-4-10-20/h1-6,9-10,14H,7-8,11-13H2. The molecule has 1 amide bonds. The Morgan fingerprint density at radius 2 is 1.92 bits per heavy atom. The second kappa shape index (κ2) is 6.73. The molecule has 0 saturated carbocycles. The van der Waals surface area contributed by atoms with Crippen molar-refractivity contribution in [3.05, 3.63) is 48.8 Å². The number of amides is 1. The molecule has 3 heterocycles. The number of oxazole rings is 1. The number of carbonyl (C=O) groups is 1. The summed E-state index contributed by atoms with van der Waals surface area (Å²) in [5.74, 6) is 0.536. The lowest BCUT2D eigenvalue weighted by Gasteiger charge is -2.32. The molecular formula is C18H19N3O2S. The highest BCUT2D eigenvalue weighted by molar-refractivity contribution is 7.99. The second-order valence-electron chi connectivity index (χ2n) is 5.98. The van der Waals surface area contributed by atoms with Gasteiger partial charge in [-0.25, -0.2) is 4.98 Å². The predicted molar refractivity (Wildman–Crippen MR) is 94.0 cm³/mol. The lowest BCUT2D eigenvalue weighted by Crippen LogP contribution is -2.39. The maximum Gasteiger partial charge on any atom is 0.257 e. The van der Waals surface area contributed by atoms with Gasteiger partial charge in [0.1, 0.15) is 5.52 Å². The first-order valence-electron chi connectivity index (χ1n) is 8.18. The molecule has 124 valence electrons. The molecular weight excluding hydrogens is 322 g/mol. The van der Waals surface area contributed by atoms with E-state index in [0.717, 1.165) is 37.0 Å². The molecule has 6 heteroatoms. The number of piperidine rings is 1. The van der Waals surface area contributed by atoms with E-state index in [2.05, 4.69) is 34.1 Å². The number of hydrogen-bond donors (Lipinski definition) is 0. The molecule has 0 atom stereocenters. The Kier molecular flexibility index (Phi) is 4.30. The van der Waals surface area contributed by atoms with Crippen LogP contribution in [0.3, 0.4) is 0 Å². The maximum absolute atomic E-state index is 12.4. The molecule has 4 rings (SSSR count). The van der Waals surface area contributed by atoms with Crippen LogP contribution in [0.1, 0.15) is 18.9 Å². The fourth-order valence-electron chi connectivity index (χ4n) is 3.13. The van der Waals surface area contributed by atoms with Gasteiger partial charge in [0.05, 0.1) is 5.75 Å². The molecule has 0 spiro atoms. The summed E-state index contributed by atoms with van der Waals surface area (Å²) >= 11 is 1.37. The van der Waals surface area contributed by atoms with Crippen LogP contribution in [0.25, 0.3) is 11.1 Å². The van der Waals surface area contributed by atoms with E-state index in [0.29, 0.717) is 17.0 Å². The van der Waals surface area contributed by atoms with E-state index in [4.69, 9.17) is 4.42 Å².